The van der Waals surface area contributed by atoms with Crippen molar-refractivity contribution in [2.75, 3.05) is 19.6 Å². The molecule has 2 heterocycles. The first kappa shape index (κ1) is 14.9. The molecule has 1 aromatic heterocycles. The molecule has 2 aromatic rings. The lowest BCUT2D eigenvalue weighted by Crippen LogP contribution is -2.44. The van der Waals surface area contributed by atoms with E-state index in [-0.39, 0.29) is 12.0 Å². The van der Waals surface area contributed by atoms with Gasteiger partial charge in [0.1, 0.15) is 0 Å². The first-order chi connectivity index (χ1) is 10.7. The minimum atomic E-state index is -0.300. The Bertz CT molecular complexity index is 654. The number of aliphatic hydroxyl groups excluding tert-OH is 1. The Morgan fingerprint density at radius 1 is 1.36 bits per heavy atom. The summed E-state index contributed by atoms with van der Waals surface area (Å²) in [4.78, 5) is 18.4. The van der Waals surface area contributed by atoms with Crippen molar-refractivity contribution in [3.63, 3.8) is 0 Å². The van der Waals surface area contributed by atoms with Gasteiger partial charge in [-0.25, -0.2) is 0 Å². The van der Waals surface area contributed by atoms with E-state index in [0.717, 1.165) is 35.9 Å². The van der Waals surface area contributed by atoms with Gasteiger partial charge in [0.2, 0.25) is 5.91 Å². The van der Waals surface area contributed by atoms with E-state index in [1.807, 2.05) is 35.2 Å². The van der Waals surface area contributed by atoms with Crippen LogP contribution in [0.5, 0.6) is 0 Å². The number of carbonyl (C=O) groups excluding carboxylic acids is 1. The molecule has 3 rings (SSSR count). The number of benzene rings is 1. The molecule has 0 spiro atoms. The Labute approximate surface area is 130 Å². The van der Waals surface area contributed by atoms with Gasteiger partial charge in [-0.15, -0.1) is 0 Å². The van der Waals surface area contributed by atoms with E-state index >= 15 is 0 Å². The van der Waals surface area contributed by atoms with Crippen LogP contribution in [-0.4, -0.2) is 46.6 Å². The second-order valence-electron chi connectivity index (χ2n) is 5.80. The monoisotopic (exact) mass is 299 g/mol. The van der Waals surface area contributed by atoms with E-state index in [2.05, 4.69) is 10.3 Å². The Morgan fingerprint density at radius 3 is 3.09 bits per heavy atom. The largest absolute Gasteiger partial charge is 0.392 e. The molecule has 1 amide bonds. The molecule has 1 atom stereocenters. The number of β-amino-alcohol motifs (C(OH)–C–C–N with tert-alkyl or cyclic N) is 1. The highest BCUT2D eigenvalue weighted by molar-refractivity contribution is 5.83. The van der Waals surface area contributed by atoms with Gasteiger partial charge in [0.25, 0.3) is 0 Å². The molecule has 116 valence electrons. The second kappa shape index (κ2) is 6.85. The second-order valence-corrected chi connectivity index (χ2v) is 5.80. The fourth-order valence-corrected chi connectivity index (χ4v) is 2.94. The van der Waals surface area contributed by atoms with Crippen molar-refractivity contribution in [1.82, 2.24) is 15.2 Å². The molecule has 1 aromatic carbocycles. The summed E-state index contributed by atoms with van der Waals surface area (Å²) in [7, 11) is 0. The van der Waals surface area contributed by atoms with E-state index in [4.69, 9.17) is 0 Å². The predicted octanol–water partition coefficient (Wildman–Crippen LogP) is 1.31. The maximum absolute atomic E-state index is 12.1. The zero-order valence-electron chi connectivity index (χ0n) is 12.5. The van der Waals surface area contributed by atoms with Gasteiger partial charge in [-0.1, -0.05) is 18.2 Å². The van der Waals surface area contributed by atoms with Crippen molar-refractivity contribution in [2.24, 2.45) is 0 Å². The van der Waals surface area contributed by atoms with Crippen LogP contribution in [0.1, 0.15) is 18.4 Å². The Kier molecular flexibility index (Phi) is 4.65. The van der Waals surface area contributed by atoms with Gasteiger partial charge in [0.05, 0.1) is 18.2 Å². The van der Waals surface area contributed by atoms with Crippen LogP contribution in [-0.2, 0) is 11.3 Å². The lowest BCUT2D eigenvalue weighted by molar-refractivity contribution is -0.123. The Hall–Kier alpha value is -1.98. The van der Waals surface area contributed by atoms with Gasteiger partial charge in [-0.2, -0.15) is 0 Å². The van der Waals surface area contributed by atoms with Crippen LogP contribution in [0.3, 0.4) is 0 Å². The van der Waals surface area contributed by atoms with Gasteiger partial charge >= 0.3 is 0 Å². The zero-order chi connectivity index (χ0) is 15.4. The molecule has 1 fully saturated rings. The number of fused-ring (bicyclic) bond motifs is 1. The number of nitrogens with zero attached hydrogens (tertiary/aromatic N) is 2. The molecule has 1 aliphatic heterocycles. The van der Waals surface area contributed by atoms with Crippen molar-refractivity contribution >= 4 is 16.8 Å². The molecule has 2 N–H and O–H groups in total. The summed E-state index contributed by atoms with van der Waals surface area (Å²) in [6, 6.07) is 9.86. The van der Waals surface area contributed by atoms with Crippen LogP contribution in [0.2, 0.25) is 0 Å². The summed E-state index contributed by atoms with van der Waals surface area (Å²) < 4.78 is 0. The molecule has 0 unspecified atom stereocenters. The molecule has 0 radical (unpaired) electrons. The smallest absolute Gasteiger partial charge is 0.234 e. The normalized spacial score (nSPS) is 19.2. The molecule has 0 saturated carbocycles. The summed E-state index contributed by atoms with van der Waals surface area (Å²) in [6.45, 7) is 2.31. The van der Waals surface area contributed by atoms with Crippen LogP contribution in [0.4, 0.5) is 0 Å². The van der Waals surface area contributed by atoms with Crippen LogP contribution < -0.4 is 5.32 Å². The van der Waals surface area contributed by atoms with Gasteiger partial charge in [-0.3, -0.25) is 14.7 Å². The first-order valence-corrected chi connectivity index (χ1v) is 7.72. The van der Waals surface area contributed by atoms with Crippen LogP contribution in [0.15, 0.2) is 36.5 Å². The first-order valence-electron chi connectivity index (χ1n) is 7.72. The Morgan fingerprint density at radius 2 is 2.23 bits per heavy atom. The molecule has 1 saturated heterocycles. The summed E-state index contributed by atoms with van der Waals surface area (Å²) in [5.74, 6) is -0.00464. The maximum atomic E-state index is 12.1. The number of nitrogens with one attached hydrogen (secondary N) is 1. The zero-order valence-corrected chi connectivity index (χ0v) is 12.5. The third-order valence-corrected chi connectivity index (χ3v) is 4.06. The summed E-state index contributed by atoms with van der Waals surface area (Å²) in [6.07, 6.45) is 3.25. The van der Waals surface area contributed by atoms with Crippen molar-refractivity contribution in [1.29, 1.82) is 0 Å². The molecule has 0 bridgehead atoms. The number of aromatic nitrogens is 1. The fourth-order valence-electron chi connectivity index (χ4n) is 2.94. The highest BCUT2D eigenvalue weighted by Crippen LogP contribution is 2.15. The number of aliphatic hydroxyl groups is 1. The van der Waals surface area contributed by atoms with E-state index in [0.29, 0.717) is 19.6 Å². The summed E-state index contributed by atoms with van der Waals surface area (Å²) in [5, 5.41) is 13.7. The molecule has 5 nitrogen and oxygen atoms in total. The number of likely N-dealkylation sites (tertiary alicyclic amines) is 1. The molecule has 22 heavy (non-hydrogen) atoms. The molecular weight excluding hydrogens is 278 g/mol. The summed E-state index contributed by atoms with van der Waals surface area (Å²) in [5.41, 5.74) is 2.01. The van der Waals surface area contributed by atoms with E-state index < -0.39 is 0 Å². The summed E-state index contributed by atoms with van der Waals surface area (Å²) >= 11 is 0. The highest BCUT2D eigenvalue weighted by Gasteiger charge is 2.19. The number of rotatable bonds is 4. The number of carbonyl (C=O) groups is 1. The lowest BCUT2D eigenvalue weighted by Gasteiger charge is -2.29. The van der Waals surface area contributed by atoms with Crippen molar-refractivity contribution in [3.8, 4) is 0 Å². The van der Waals surface area contributed by atoms with E-state index in [1.54, 1.807) is 6.20 Å². The van der Waals surface area contributed by atoms with Gasteiger partial charge in [0, 0.05) is 24.7 Å². The molecular formula is C17H21N3O2. The topological polar surface area (TPSA) is 65.5 Å². The predicted molar refractivity (Wildman–Crippen MR) is 85.3 cm³/mol. The van der Waals surface area contributed by atoms with Crippen LogP contribution >= 0.6 is 0 Å². The van der Waals surface area contributed by atoms with Crippen molar-refractivity contribution < 1.29 is 9.90 Å². The number of amides is 1. The number of para-hydroxylation sites is 1. The third-order valence-electron chi connectivity index (χ3n) is 4.06. The number of hydrogen-bond donors (Lipinski definition) is 2. The Balaban J connectivity index is 1.58. The minimum absolute atomic E-state index is 0.00464. The third kappa shape index (κ3) is 3.61. The van der Waals surface area contributed by atoms with E-state index in [9.17, 15) is 9.90 Å². The average Bonchev–Trinajstić information content (AvgIpc) is 2.53. The standard InChI is InChI=1S/C17H21N3O2/c21-14-4-3-9-20(11-14)12-17(22)19-10-13-7-8-18-16-6-2-1-5-15(13)16/h1-2,5-8,14,21H,3-4,9-12H2,(H,19,22)/t14-/m1/s1. The van der Waals surface area contributed by atoms with Gasteiger partial charge in [0.15, 0.2) is 0 Å². The number of pyridine rings is 1. The number of hydrogen-bond acceptors (Lipinski definition) is 4. The average molecular weight is 299 g/mol. The highest BCUT2D eigenvalue weighted by atomic mass is 16.3. The van der Waals surface area contributed by atoms with Crippen LogP contribution in [0, 0.1) is 0 Å². The quantitative estimate of drug-likeness (QED) is 0.893. The number of piperidine rings is 1. The molecule has 0 aliphatic carbocycles. The van der Waals surface area contributed by atoms with Crippen LogP contribution in [0.25, 0.3) is 10.9 Å². The van der Waals surface area contributed by atoms with Gasteiger partial charge in [-0.05, 0) is 37.1 Å². The fraction of sp³-hybridized carbons (Fsp3) is 0.412. The molecule has 1 aliphatic rings. The lowest BCUT2D eigenvalue weighted by atomic mass is 10.1. The van der Waals surface area contributed by atoms with Gasteiger partial charge < -0.3 is 10.4 Å². The molecule has 5 heteroatoms. The minimum Gasteiger partial charge on any atom is -0.392 e. The van der Waals surface area contributed by atoms with Crippen molar-refractivity contribution in [2.45, 2.75) is 25.5 Å². The van der Waals surface area contributed by atoms with E-state index in [1.165, 1.54) is 0 Å². The van der Waals surface area contributed by atoms with Crippen molar-refractivity contribution in [3.05, 3.63) is 42.1 Å². The maximum Gasteiger partial charge on any atom is 0.234 e. The SMILES string of the molecule is O=C(CN1CCC[C@@H](O)C1)NCc1ccnc2ccccc12.